The van der Waals surface area contributed by atoms with E-state index >= 15 is 4.79 Å². The summed E-state index contributed by atoms with van der Waals surface area (Å²) in [6.45, 7) is 18.9. The van der Waals surface area contributed by atoms with Gasteiger partial charge in [-0.1, -0.05) is 51.1 Å². The number of carbonyl (C=O) groups excluding carboxylic acids is 2. The predicted molar refractivity (Wildman–Crippen MR) is 295 cm³/mol. The summed E-state index contributed by atoms with van der Waals surface area (Å²) in [5.74, 6) is 2.15. The van der Waals surface area contributed by atoms with Gasteiger partial charge in [0.2, 0.25) is 17.7 Å². The highest BCUT2D eigenvalue weighted by atomic mass is 32.2. The lowest BCUT2D eigenvalue weighted by Crippen LogP contribution is -2.60. The Morgan fingerprint density at radius 2 is 1.64 bits per heavy atom. The number of rotatable bonds is 15. The molecule has 3 aliphatic rings. The normalized spacial score (nSPS) is 18.6. The monoisotopic (exact) mass is 1050 g/mol. The van der Waals surface area contributed by atoms with E-state index in [-0.39, 0.29) is 47.0 Å². The number of ether oxygens (including phenoxy) is 2. The molecule has 3 aromatic carbocycles. The number of aromatic amines is 1. The van der Waals surface area contributed by atoms with Gasteiger partial charge < -0.3 is 41.0 Å². The highest BCUT2D eigenvalue weighted by molar-refractivity contribution is 7.92. The molecule has 1 fully saturated rings. The smallest absolute Gasteiger partial charge is 0.243 e. The van der Waals surface area contributed by atoms with Gasteiger partial charge in [-0.15, -0.1) is 0 Å². The highest BCUT2D eigenvalue weighted by Gasteiger charge is 2.45. The second-order valence-corrected chi connectivity index (χ2v) is 25.6. The van der Waals surface area contributed by atoms with Gasteiger partial charge >= 0.3 is 0 Å². The van der Waals surface area contributed by atoms with Crippen molar-refractivity contribution in [3.63, 3.8) is 0 Å². The average Bonchev–Trinajstić information content (AvgIpc) is 3.78. The number of piperidine rings is 1. The maximum atomic E-state index is 15.0. The highest BCUT2D eigenvalue weighted by Crippen LogP contribution is 2.40. The van der Waals surface area contributed by atoms with Crippen molar-refractivity contribution in [1.29, 1.82) is 0 Å². The molecule has 0 radical (unpaired) electrons. The van der Waals surface area contributed by atoms with Gasteiger partial charge in [-0.25, -0.2) is 28.4 Å². The van der Waals surface area contributed by atoms with E-state index in [1.54, 1.807) is 37.8 Å². The van der Waals surface area contributed by atoms with E-state index in [1.165, 1.54) is 18.2 Å². The first-order valence-corrected chi connectivity index (χ1v) is 28.0. The summed E-state index contributed by atoms with van der Waals surface area (Å²) in [7, 11) is -2.02. The number of aryl methyl sites for hydroxylation is 2. The van der Waals surface area contributed by atoms with Gasteiger partial charge in [0.15, 0.2) is 15.7 Å². The Bertz CT molecular complexity index is 3220. The average molecular weight is 1060 g/mol. The number of likely N-dealkylation sites (N-methyl/N-ethyl adjacent to an activating group) is 1. The van der Waals surface area contributed by atoms with E-state index in [0.717, 1.165) is 60.1 Å². The molecule has 5 heterocycles. The Labute approximate surface area is 446 Å². The number of nitrogens with zero attached hydrogens (tertiary/aromatic N) is 7. The van der Waals surface area contributed by atoms with Gasteiger partial charge in [0.05, 0.1) is 28.8 Å². The number of nitrogens with one attached hydrogen (secondary N) is 4. The lowest BCUT2D eigenvalue weighted by atomic mass is 9.73. The molecule has 2 amide bonds. The third kappa shape index (κ3) is 11.2. The van der Waals surface area contributed by atoms with E-state index in [1.807, 2.05) is 85.0 Å². The summed E-state index contributed by atoms with van der Waals surface area (Å²) in [6.07, 6.45) is 7.60. The Kier molecular flexibility index (Phi) is 15.5. The molecule has 1 unspecified atom stereocenters. The zero-order valence-electron chi connectivity index (χ0n) is 45.5. The first-order chi connectivity index (χ1) is 36.1. The molecule has 19 heteroatoms. The van der Waals surface area contributed by atoms with Crippen molar-refractivity contribution in [3.05, 3.63) is 107 Å². The van der Waals surface area contributed by atoms with Crippen LogP contribution in [0.1, 0.15) is 114 Å². The van der Waals surface area contributed by atoms with Crippen LogP contribution in [0.4, 0.5) is 17.5 Å². The second-order valence-electron chi connectivity index (χ2n) is 22.9. The number of sulfone groups is 1. The van der Waals surface area contributed by atoms with Crippen LogP contribution < -0.4 is 36.1 Å². The van der Waals surface area contributed by atoms with Gasteiger partial charge in [-0.3, -0.25) is 14.7 Å². The molecule has 6 N–H and O–H groups in total. The van der Waals surface area contributed by atoms with Crippen LogP contribution in [0.5, 0.6) is 17.4 Å². The van der Waals surface area contributed by atoms with Gasteiger partial charge in [0, 0.05) is 66.9 Å². The van der Waals surface area contributed by atoms with Gasteiger partial charge in [-0.05, 0) is 132 Å². The Morgan fingerprint density at radius 3 is 2.36 bits per heavy atom. The Balaban J connectivity index is 0.889. The molecule has 0 spiro atoms. The number of H-pyrrole nitrogens is 1. The molecule has 0 saturated carbocycles. The van der Waals surface area contributed by atoms with Crippen molar-refractivity contribution in [2.75, 3.05) is 37.0 Å². The van der Waals surface area contributed by atoms with Crippen LogP contribution in [0.3, 0.4) is 0 Å². The zero-order valence-corrected chi connectivity index (χ0v) is 46.3. The quantitative estimate of drug-likeness (QED) is 0.0652. The lowest BCUT2D eigenvalue weighted by Gasteiger charge is -2.44. The molecule has 18 nitrogen and oxygen atoms in total. The van der Waals surface area contributed by atoms with Crippen LogP contribution in [0.15, 0.2) is 78.2 Å². The van der Waals surface area contributed by atoms with Crippen LogP contribution in [-0.4, -0.2) is 105 Å². The summed E-state index contributed by atoms with van der Waals surface area (Å²) >= 11 is 0. The van der Waals surface area contributed by atoms with Crippen molar-refractivity contribution in [2.24, 2.45) is 23.0 Å². The van der Waals surface area contributed by atoms with E-state index in [9.17, 15) is 13.2 Å². The fourth-order valence-electron chi connectivity index (χ4n) is 10.8. The number of amides is 2. The molecule has 1 aliphatic carbocycles. The van der Waals surface area contributed by atoms with Crippen molar-refractivity contribution >= 4 is 50.0 Å². The maximum absolute atomic E-state index is 15.0. The first-order valence-electron chi connectivity index (χ1n) is 26.5. The van der Waals surface area contributed by atoms with Crippen molar-refractivity contribution in [2.45, 2.75) is 141 Å². The van der Waals surface area contributed by atoms with E-state index in [4.69, 9.17) is 15.2 Å². The second kappa shape index (κ2) is 21.7. The molecular formula is C57H74N12O6S. The minimum Gasteiger partial charge on any atom is -0.492 e. The van der Waals surface area contributed by atoms with Crippen molar-refractivity contribution in [1.82, 2.24) is 45.7 Å². The van der Waals surface area contributed by atoms with Crippen LogP contribution in [0.2, 0.25) is 0 Å². The molecular weight excluding hydrogens is 981 g/mol. The number of fused-ring (bicyclic) bond motifs is 3. The van der Waals surface area contributed by atoms with Crippen molar-refractivity contribution < 1.29 is 27.5 Å². The maximum Gasteiger partial charge on any atom is 0.243 e. The number of hydrogen-bond donors (Lipinski definition) is 5. The number of carbonyl (C=O) groups is 2. The van der Waals surface area contributed by atoms with Crippen LogP contribution in [0.25, 0.3) is 10.9 Å². The molecule has 404 valence electrons. The van der Waals surface area contributed by atoms with E-state index in [0.29, 0.717) is 66.1 Å². The largest absolute Gasteiger partial charge is 0.492 e. The molecule has 6 aromatic rings. The van der Waals surface area contributed by atoms with E-state index < -0.39 is 38.0 Å². The van der Waals surface area contributed by atoms with Crippen molar-refractivity contribution in [3.8, 4) is 17.4 Å². The fraction of sp³-hybridized carbons (Fsp3) is 0.491. The minimum absolute atomic E-state index is 0.0814. The lowest BCUT2D eigenvalue weighted by molar-refractivity contribution is -0.149. The van der Waals surface area contributed by atoms with Crippen LogP contribution >= 0.6 is 0 Å². The topological polar surface area (TPSA) is 236 Å². The molecule has 1 saturated heterocycles. The third-order valence-corrected chi connectivity index (χ3v) is 18.3. The predicted octanol–water partition coefficient (Wildman–Crippen LogP) is 8.21. The summed E-state index contributed by atoms with van der Waals surface area (Å²) in [5.41, 5.74) is 13.0. The standard InChI is InChI=1S/C57H74N12O6S/c1-33-34(2)66-67-52(33)65-53-42-26-47(76(72,73)57(7,8)9)46(27-44(42)60-31-63-53)74-30-36-20-22-68(23-21-36)48-28-49(62-32-61-48)75-40-19-18-38-25-45(54(70)64-43-17-13-15-37-14-11-12-16-41(37)43)69(29-39(38)24-40)55(71)50(56(4,5)6)51(58)35(3)59-10/h11-12,14,16,18-19,24,26-28,31-32,35-36,43,45,50-51,59H,13,15,17,20-23,25,29-30,58H2,1-10H3,(H,64,70)(H2,60,63,65,66,67)/t35-,43+,45-,50-,51?/m0/s1. The van der Waals surface area contributed by atoms with Gasteiger partial charge in [0.25, 0.3) is 0 Å². The molecule has 3 aromatic heterocycles. The number of hydrogen-bond acceptors (Lipinski definition) is 15. The summed E-state index contributed by atoms with van der Waals surface area (Å²) < 4.78 is 40.1. The van der Waals surface area contributed by atoms with Gasteiger partial charge in [-0.2, -0.15) is 5.10 Å². The summed E-state index contributed by atoms with van der Waals surface area (Å²) in [5, 5.41) is 17.7. The number of nitrogens with two attached hydrogens (primary N) is 1. The Hall–Kier alpha value is -6.70. The molecule has 0 bridgehead atoms. The summed E-state index contributed by atoms with van der Waals surface area (Å²) in [6, 6.07) is 17.7. The first kappa shape index (κ1) is 54.1. The van der Waals surface area contributed by atoms with Crippen LogP contribution in [0, 0.1) is 31.1 Å². The number of anilines is 3. The van der Waals surface area contributed by atoms with E-state index in [2.05, 4.69) is 63.1 Å². The molecule has 2 aliphatic heterocycles. The Morgan fingerprint density at radius 1 is 0.895 bits per heavy atom. The fourth-order valence-corrected chi connectivity index (χ4v) is 12.1. The molecule has 5 atom stereocenters. The van der Waals surface area contributed by atoms with Crippen LogP contribution in [-0.2, 0) is 38.8 Å². The zero-order chi connectivity index (χ0) is 54.3. The molecule has 9 rings (SSSR count). The summed E-state index contributed by atoms with van der Waals surface area (Å²) in [4.78, 5) is 51.7. The van der Waals surface area contributed by atoms with Gasteiger partial charge in [0.1, 0.15) is 46.7 Å². The minimum atomic E-state index is -3.86. The SMILES string of the molecule is CN[C@@H](C)C(N)[C@@H](C(=O)N1Cc2cc(Oc3cc(N4CCC(COc5cc6ncnc(Nc7n[nH]c(C)c7C)c6cc5S(=O)(=O)C(C)(C)C)CC4)ncn3)ccc2C[C@H]1C(=O)N[C@@H]1CCCc2ccccc21)C(C)(C)C. The molecule has 76 heavy (non-hydrogen) atoms. The third-order valence-electron chi connectivity index (χ3n) is 15.7. The number of benzene rings is 3. The number of aromatic nitrogens is 6.